The highest BCUT2D eigenvalue weighted by atomic mass is 16.2. The number of aryl methyl sites for hydroxylation is 2. The van der Waals surface area contributed by atoms with Crippen LogP contribution in [0.1, 0.15) is 52.0 Å². The standard InChI is InChI=1S/C21H24N4O2/c1-4-5-12-22-20(26)18-16-11-6-7-13-25(16)19(23-18)21(27)24-17-14(2)9-8-10-15(17)3/h6-11,13H,4-5,12H2,1-3H3,(H,22,26)(H,24,27). The SMILES string of the molecule is CCCCNC(=O)c1nc(C(=O)Nc2c(C)cccc2C)n2ccccc12. The van der Waals surface area contributed by atoms with Gasteiger partial charge in [-0.15, -0.1) is 0 Å². The molecule has 0 bridgehead atoms. The molecule has 3 rings (SSSR count). The summed E-state index contributed by atoms with van der Waals surface area (Å²) in [7, 11) is 0. The highest BCUT2D eigenvalue weighted by Crippen LogP contribution is 2.21. The number of imidazole rings is 1. The van der Waals surface area contributed by atoms with Gasteiger partial charge in [-0.25, -0.2) is 4.98 Å². The predicted molar refractivity (Wildman–Crippen MR) is 106 cm³/mol. The van der Waals surface area contributed by atoms with Crippen molar-refractivity contribution in [2.75, 3.05) is 11.9 Å². The number of rotatable bonds is 6. The lowest BCUT2D eigenvalue weighted by Crippen LogP contribution is -2.25. The van der Waals surface area contributed by atoms with Crippen LogP contribution in [-0.2, 0) is 0 Å². The van der Waals surface area contributed by atoms with Crippen LogP contribution >= 0.6 is 0 Å². The Bertz CT molecular complexity index is 971. The summed E-state index contributed by atoms with van der Waals surface area (Å²) in [6.45, 7) is 6.54. The van der Waals surface area contributed by atoms with E-state index in [0.29, 0.717) is 12.1 Å². The lowest BCUT2D eigenvalue weighted by molar-refractivity contribution is 0.0950. The molecule has 1 aromatic carbocycles. The van der Waals surface area contributed by atoms with E-state index in [1.807, 2.05) is 44.2 Å². The quantitative estimate of drug-likeness (QED) is 0.654. The number of unbranched alkanes of at least 4 members (excludes halogenated alkanes) is 1. The predicted octanol–water partition coefficient (Wildman–Crippen LogP) is 3.73. The Morgan fingerprint density at radius 2 is 1.78 bits per heavy atom. The number of aromatic nitrogens is 2. The van der Waals surface area contributed by atoms with Gasteiger partial charge < -0.3 is 10.6 Å². The van der Waals surface area contributed by atoms with Crippen LogP contribution in [0.3, 0.4) is 0 Å². The minimum atomic E-state index is -0.346. The van der Waals surface area contributed by atoms with E-state index < -0.39 is 0 Å². The smallest absolute Gasteiger partial charge is 0.292 e. The molecule has 3 aromatic rings. The molecular weight excluding hydrogens is 340 g/mol. The average molecular weight is 364 g/mol. The van der Waals surface area contributed by atoms with Gasteiger partial charge in [-0.3, -0.25) is 14.0 Å². The Kier molecular flexibility index (Phi) is 5.54. The van der Waals surface area contributed by atoms with Crippen LogP contribution in [0.5, 0.6) is 0 Å². The zero-order valence-corrected chi connectivity index (χ0v) is 15.9. The van der Waals surface area contributed by atoms with Gasteiger partial charge in [-0.2, -0.15) is 0 Å². The minimum absolute atomic E-state index is 0.189. The van der Waals surface area contributed by atoms with E-state index in [2.05, 4.69) is 22.5 Å². The number of benzene rings is 1. The Hall–Kier alpha value is -3.15. The van der Waals surface area contributed by atoms with Crippen molar-refractivity contribution < 1.29 is 9.59 Å². The van der Waals surface area contributed by atoms with Gasteiger partial charge in [0.05, 0.1) is 5.52 Å². The summed E-state index contributed by atoms with van der Waals surface area (Å²) in [6.07, 6.45) is 3.63. The fourth-order valence-corrected chi connectivity index (χ4v) is 3.01. The van der Waals surface area contributed by atoms with Crippen molar-refractivity contribution in [3.05, 3.63) is 65.2 Å². The summed E-state index contributed by atoms with van der Waals surface area (Å²) < 4.78 is 1.65. The van der Waals surface area contributed by atoms with Crippen LogP contribution in [0.2, 0.25) is 0 Å². The van der Waals surface area contributed by atoms with Crippen molar-refractivity contribution in [2.45, 2.75) is 33.6 Å². The third-order valence-electron chi connectivity index (χ3n) is 4.50. The van der Waals surface area contributed by atoms with E-state index in [-0.39, 0.29) is 23.3 Å². The van der Waals surface area contributed by atoms with E-state index in [4.69, 9.17) is 0 Å². The van der Waals surface area contributed by atoms with Crippen LogP contribution in [-0.4, -0.2) is 27.7 Å². The number of para-hydroxylation sites is 1. The Balaban J connectivity index is 1.95. The maximum absolute atomic E-state index is 12.9. The number of carbonyl (C=O) groups excluding carboxylic acids is 2. The Morgan fingerprint density at radius 3 is 2.48 bits per heavy atom. The highest BCUT2D eigenvalue weighted by molar-refractivity contribution is 6.06. The molecule has 0 radical (unpaired) electrons. The summed E-state index contributed by atoms with van der Waals surface area (Å²) in [5, 5.41) is 5.80. The number of fused-ring (bicyclic) bond motifs is 1. The van der Waals surface area contributed by atoms with Gasteiger partial charge in [-0.05, 0) is 43.5 Å². The topological polar surface area (TPSA) is 75.5 Å². The number of nitrogens with one attached hydrogen (secondary N) is 2. The van der Waals surface area contributed by atoms with Gasteiger partial charge in [0, 0.05) is 18.4 Å². The minimum Gasteiger partial charge on any atom is -0.351 e. The molecule has 0 saturated heterocycles. The first-order valence-corrected chi connectivity index (χ1v) is 9.15. The third kappa shape index (κ3) is 3.84. The zero-order chi connectivity index (χ0) is 19.4. The van der Waals surface area contributed by atoms with E-state index >= 15 is 0 Å². The number of nitrogens with zero attached hydrogens (tertiary/aromatic N) is 2. The molecule has 0 fully saturated rings. The van der Waals surface area contributed by atoms with Crippen LogP contribution in [0.15, 0.2) is 42.6 Å². The molecule has 6 heteroatoms. The first kappa shape index (κ1) is 18.6. The number of pyridine rings is 1. The van der Waals surface area contributed by atoms with Crippen LogP contribution in [0.25, 0.3) is 5.52 Å². The summed E-state index contributed by atoms with van der Waals surface area (Å²) in [5.74, 6) is -0.423. The number of carbonyl (C=O) groups is 2. The van der Waals surface area contributed by atoms with Crippen LogP contribution in [0.4, 0.5) is 5.69 Å². The normalized spacial score (nSPS) is 10.8. The monoisotopic (exact) mass is 364 g/mol. The van der Waals surface area contributed by atoms with Crippen molar-refractivity contribution in [2.24, 2.45) is 0 Å². The molecule has 2 amide bonds. The van der Waals surface area contributed by atoms with Crippen molar-refractivity contribution in [3.63, 3.8) is 0 Å². The van der Waals surface area contributed by atoms with Crippen LogP contribution in [0, 0.1) is 13.8 Å². The lowest BCUT2D eigenvalue weighted by Gasteiger charge is -2.10. The zero-order valence-electron chi connectivity index (χ0n) is 15.9. The van der Waals surface area contributed by atoms with Crippen molar-refractivity contribution in [1.29, 1.82) is 0 Å². The molecule has 0 saturated carbocycles. The Labute approximate surface area is 158 Å². The molecule has 27 heavy (non-hydrogen) atoms. The van der Waals surface area contributed by atoms with E-state index in [1.54, 1.807) is 16.7 Å². The molecule has 2 aromatic heterocycles. The van der Waals surface area contributed by atoms with Gasteiger partial charge in [0.2, 0.25) is 5.82 Å². The van der Waals surface area contributed by atoms with E-state index in [0.717, 1.165) is 29.7 Å². The lowest BCUT2D eigenvalue weighted by atomic mass is 10.1. The van der Waals surface area contributed by atoms with E-state index in [9.17, 15) is 9.59 Å². The highest BCUT2D eigenvalue weighted by Gasteiger charge is 2.22. The first-order chi connectivity index (χ1) is 13.0. The van der Waals surface area contributed by atoms with Crippen molar-refractivity contribution in [1.82, 2.24) is 14.7 Å². The molecule has 140 valence electrons. The third-order valence-corrected chi connectivity index (χ3v) is 4.50. The maximum Gasteiger partial charge on any atom is 0.292 e. The van der Waals surface area contributed by atoms with E-state index in [1.165, 1.54) is 0 Å². The second-order valence-corrected chi connectivity index (χ2v) is 6.57. The van der Waals surface area contributed by atoms with Crippen molar-refractivity contribution in [3.8, 4) is 0 Å². The first-order valence-electron chi connectivity index (χ1n) is 9.15. The van der Waals surface area contributed by atoms with Crippen LogP contribution < -0.4 is 10.6 Å². The van der Waals surface area contributed by atoms with Gasteiger partial charge in [0.15, 0.2) is 5.69 Å². The largest absolute Gasteiger partial charge is 0.351 e. The Morgan fingerprint density at radius 1 is 1.04 bits per heavy atom. The van der Waals surface area contributed by atoms with Gasteiger partial charge in [-0.1, -0.05) is 37.6 Å². The average Bonchev–Trinajstić information content (AvgIpc) is 3.05. The molecule has 0 aliphatic heterocycles. The number of anilines is 1. The number of hydrogen-bond donors (Lipinski definition) is 2. The summed E-state index contributed by atoms with van der Waals surface area (Å²) in [4.78, 5) is 29.8. The molecule has 0 unspecified atom stereocenters. The van der Waals surface area contributed by atoms with Crippen molar-refractivity contribution >= 4 is 23.0 Å². The maximum atomic E-state index is 12.9. The number of hydrogen-bond acceptors (Lipinski definition) is 3. The number of amides is 2. The summed E-state index contributed by atoms with van der Waals surface area (Å²) in [5.41, 5.74) is 3.59. The molecule has 2 N–H and O–H groups in total. The molecule has 2 heterocycles. The molecular formula is C21H24N4O2. The van der Waals surface area contributed by atoms with Gasteiger partial charge in [0.1, 0.15) is 0 Å². The molecule has 0 atom stereocenters. The molecule has 0 aliphatic rings. The molecule has 6 nitrogen and oxygen atoms in total. The second-order valence-electron chi connectivity index (χ2n) is 6.57. The molecule has 0 spiro atoms. The fourth-order valence-electron chi connectivity index (χ4n) is 3.01. The van der Waals surface area contributed by atoms with Gasteiger partial charge in [0.25, 0.3) is 11.8 Å². The molecule has 0 aliphatic carbocycles. The fraction of sp³-hybridized carbons (Fsp3) is 0.286. The summed E-state index contributed by atoms with van der Waals surface area (Å²) >= 11 is 0. The second kappa shape index (κ2) is 8.03. The van der Waals surface area contributed by atoms with Gasteiger partial charge >= 0.3 is 0 Å². The summed E-state index contributed by atoms with van der Waals surface area (Å²) in [6, 6.07) is 11.3.